The molecular weight excluding hydrogens is 245 g/mol. The fourth-order valence-corrected chi connectivity index (χ4v) is 1.94. The number of hydrogen-bond donors (Lipinski definition) is 0. The Hall–Kier alpha value is -1.65. The summed E-state index contributed by atoms with van der Waals surface area (Å²) in [5.41, 5.74) is 0.691. The first kappa shape index (κ1) is 10.5. The first-order chi connectivity index (χ1) is 8.27. The highest BCUT2D eigenvalue weighted by Gasteiger charge is 2.20. The maximum atomic E-state index is 14.0. The summed E-state index contributed by atoms with van der Waals surface area (Å²) in [5.74, 6) is -0.336. The summed E-state index contributed by atoms with van der Waals surface area (Å²) in [7, 11) is 0. The van der Waals surface area contributed by atoms with E-state index >= 15 is 0 Å². The average Bonchev–Trinajstić information content (AvgIpc) is 2.87. The molecule has 5 heteroatoms. The number of rotatable bonds is 1. The molecule has 0 atom stereocenters. The fraction of sp³-hybridized carbons (Fsp3) is 0.0833. The predicted octanol–water partition coefficient (Wildman–Crippen LogP) is 3.33. The summed E-state index contributed by atoms with van der Waals surface area (Å²) in [6.07, 6.45) is 1.61. The zero-order chi connectivity index (χ0) is 11.8. The fourth-order valence-electron chi connectivity index (χ4n) is 1.69. The molecule has 2 aromatic rings. The van der Waals surface area contributed by atoms with Crippen LogP contribution in [0.25, 0.3) is 16.7 Å². The summed E-state index contributed by atoms with van der Waals surface area (Å²) in [6.45, 7) is 0.279. The van der Waals surface area contributed by atoms with Crippen LogP contribution in [0.15, 0.2) is 30.3 Å². The van der Waals surface area contributed by atoms with Crippen molar-refractivity contribution < 1.29 is 14.2 Å². The lowest BCUT2D eigenvalue weighted by Crippen LogP contribution is -1.97. The Bertz CT molecular complexity index is 627. The third kappa shape index (κ3) is 1.66. The smallest absolute Gasteiger partial charge is 0.192 e. The quantitative estimate of drug-likeness (QED) is 0.729. The molecule has 1 aliphatic heterocycles. The molecule has 1 aromatic carbocycles. The zero-order valence-corrected chi connectivity index (χ0v) is 9.37. The van der Waals surface area contributed by atoms with Gasteiger partial charge < -0.3 is 4.89 Å². The highest BCUT2D eigenvalue weighted by atomic mass is 35.5. The van der Waals surface area contributed by atoms with Crippen LogP contribution in [-0.2, 0) is 9.78 Å². The number of halogens is 2. The number of aromatic nitrogens is 1. The van der Waals surface area contributed by atoms with Crippen LogP contribution < -0.4 is 0 Å². The highest BCUT2D eigenvalue weighted by molar-refractivity contribution is 6.35. The lowest BCUT2D eigenvalue weighted by Gasteiger charge is -2.07. The van der Waals surface area contributed by atoms with Gasteiger partial charge in [0.2, 0.25) is 0 Å². The number of fused-ring (bicyclic) bond motifs is 1. The summed E-state index contributed by atoms with van der Waals surface area (Å²) in [5, 5.41) is 0.622. The van der Waals surface area contributed by atoms with Gasteiger partial charge in [0.15, 0.2) is 11.6 Å². The van der Waals surface area contributed by atoms with E-state index in [1.54, 1.807) is 24.3 Å². The molecule has 0 unspecified atom stereocenters. The van der Waals surface area contributed by atoms with E-state index in [-0.39, 0.29) is 23.1 Å². The Morgan fingerprint density at radius 1 is 1.29 bits per heavy atom. The van der Waals surface area contributed by atoms with E-state index in [4.69, 9.17) is 16.5 Å². The van der Waals surface area contributed by atoms with Crippen molar-refractivity contribution in [3.05, 3.63) is 46.9 Å². The third-order valence-electron chi connectivity index (χ3n) is 2.49. The van der Waals surface area contributed by atoms with E-state index in [0.29, 0.717) is 10.9 Å². The maximum absolute atomic E-state index is 14.0. The standard InChI is InChI=1S/C12H7ClFNO2/c13-10-7-3-1-2-4-8(7)15-12(11(10)14)9-5-6-16-17-9/h1-5H,6H2. The van der Waals surface area contributed by atoms with Crippen molar-refractivity contribution in [3.8, 4) is 0 Å². The largest absolute Gasteiger partial charge is 0.335 e. The molecule has 0 bridgehead atoms. The van der Waals surface area contributed by atoms with Crippen LogP contribution >= 0.6 is 11.6 Å². The van der Waals surface area contributed by atoms with Crippen LogP contribution in [0, 0.1) is 5.82 Å². The minimum absolute atomic E-state index is 0.0435. The van der Waals surface area contributed by atoms with Gasteiger partial charge in [-0.1, -0.05) is 29.8 Å². The molecule has 1 aliphatic rings. The van der Waals surface area contributed by atoms with Gasteiger partial charge in [-0.25, -0.2) is 9.37 Å². The average molecular weight is 252 g/mol. The van der Waals surface area contributed by atoms with Crippen LogP contribution in [0.1, 0.15) is 5.69 Å². The first-order valence-electron chi connectivity index (χ1n) is 5.01. The van der Waals surface area contributed by atoms with Gasteiger partial charge in [0.05, 0.1) is 10.5 Å². The molecule has 2 heterocycles. The molecule has 17 heavy (non-hydrogen) atoms. The molecule has 0 fully saturated rings. The Labute approximate surface area is 101 Å². The monoisotopic (exact) mass is 251 g/mol. The normalized spacial score (nSPS) is 14.8. The van der Waals surface area contributed by atoms with Gasteiger partial charge in [-0.15, -0.1) is 0 Å². The summed E-state index contributed by atoms with van der Waals surface area (Å²) >= 11 is 5.97. The van der Waals surface area contributed by atoms with Crippen molar-refractivity contribution in [1.82, 2.24) is 4.98 Å². The third-order valence-corrected chi connectivity index (χ3v) is 2.86. The van der Waals surface area contributed by atoms with Gasteiger partial charge >= 0.3 is 0 Å². The Morgan fingerprint density at radius 2 is 2.12 bits per heavy atom. The summed E-state index contributed by atoms with van der Waals surface area (Å²) in [6, 6.07) is 7.08. The van der Waals surface area contributed by atoms with Crippen molar-refractivity contribution in [3.63, 3.8) is 0 Å². The van der Waals surface area contributed by atoms with Gasteiger partial charge in [0.25, 0.3) is 0 Å². The second-order valence-corrected chi connectivity index (χ2v) is 3.92. The predicted molar refractivity (Wildman–Crippen MR) is 61.7 cm³/mol. The molecule has 0 N–H and O–H groups in total. The van der Waals surface area contributed by atoms with E-state index in [1.165, 1.54) is 0 Å². The number of pyridine rings is 1. The molecule has 0 amide bonds. The van der Waals surface area contributed by atoms with Crippen molar-refractivity contribution in [1.29, 1.82) is 0 Å². The van der Waals surface area contributed by atoms with Crippen LogP contribution in [0.2, 0.25) is 5.02 Å². The molecule has 1 aromatic heterocycles. The van der Waals surface area contributed by atoms with E-state index in [2.05, 4.69) is 9.87 Å². The van der Waals surface area contributed by atoms with E-state index in [1.807, 2.05) is 6.07 Å². The maximum Gasteiger partial charge on any atom is 0.192 e. The topological polar surface area (TPSA) is 31.4 Å². The lowest BCUT2D eigenvalue weighted by atomic mass is 10.2. The first-order valence-corrected chi connectivity index (χ1v) is 5.39. The summed E-state index contributed by atoms with van der Waals surface area (Å²) in [4.78, 5) is 13.7. The molecule has 86 valence electrons. The zero-order valence-electron chi connectivity index (χ0n) is 8.61. The molecule has 0 saturated heterocycles. The van der Waals surface area contributed by atoms with Crippen molar-refractivity contribution in [2.75, 3.05) is 6.61 Å². The molecule has 0 radical (unpaired) electrons. The van der Waals surface area contributed by atoms with Gasteiger partial charge in [0, 0.05) is 5.39 Å². The van der Waals surface area contributed by atoms with E-state index in [0.717, 1.165) is 0 Å². The SMILES string of the molecule is Fc1c(C2=CCOO2)nc2ccccc2c1Cl. The van der Waals surface area contributed by atoms with Gasteiger partial charge in [-0.05, 0) is 12.1 Å². The van der Waals surface area contributed by atoms with Crippen LogP contribution in [0.5, 0.6) is 0 Å². The van der Waals surface area contributed by atoms with Crippen LogP contribution in [0.3, 0.4) is 0 Å². The Balaban J connectivity index is 2.29. The molecular formula is C12H7ClFNO2. The van der Waals surface area contributed by atoms with Gasteiger partial charge in [0.1, 0.15) is 12.3 Å². The van der Waals surface area contributed by atoms with E-state index < -0.39 is 5.82 Å². The minimum atomic E-state index is -0.595. The number of benzene rings is 1. The number of para-hydroxylation sites is 1. The van der Waals surface area contributed by atoms with Gasteiger partial charge in [-0.2, -0.15) is 4.89 Å². The molecule has 0 saturated carbocycles. The van der Waals surface area contributed by atoms with E-state index in [9.17, 15) is 4.39 Å². The second kappa shape index (κ2) is 3.98. The van der Waals surface area contributed by atoms with Crippen LogP contribution in [0.4, 0.5) is 4.39 Å². The number of nitrogens with zero attached hydrogens (tertiary/aromatic N) is 1. The molecule has 0 aliphatic carbocycles. The highest BCUT2D eigenvalue weighted by Crippen LogP contribution is 2.31. The minimum Gasteiger partial charge on any atom is -0.335 e. The van der Waals surface area contributed by atoms with Crippen molar-refractivity contribution in [2.45, 2.75) is 0 Å². The Morgan fingerprint density at radius 3 is 2.88 bits per heavy atom. The van der Waals surface area contributed by atoms with Gasteiger partial charge in [-0.3, -0.25) is 0 Å². The van der Waals surface area contributed by atoms with Crippen molar-refractivity contribution in [2.24, 2.45) is 0 Å². The Kier molecular flexibility index (Phi) is 2.46. The molecule has 3 nitrogen and oxygen atoms in total. The molecule has 3 rings (SSSR count). The number of hydrogen-bond acceptors (Lipinski definition) is 3. The van der Waals surface area contributed by atoms with Crippen LogP contribution in [-0.4, -0.2) is 11.6 Å². The lowest BCUT2D eigenvalue weighted by molar-refractivity contribution is -0.209. The second-order valence-electron chi connectivity index (χ2n) is 3.54. The summed E-state index contributed by atoms with van der Waals surface area (Å²) < 4.78 is 14.0. The van der Waals surface area contributed by atoms with Crippen molar-refractivity contribution >= 4 is 28.3 Å². The molecule has 0 spiro atoms.